The maximum Gasteiger partial charge on any atom is 0.222 e. The van der Waals surface area contributed by atoms with Gasteiger partial charge in [-0.2, -0.15) is 5.26 Å². The fraction of sp³-hybridized carbons (Fsp3) is 0.579. The van der Waals surface area contributed by atoms with Crippen molar-refractivity contribution in [2.24, 2.45) is 0 Å². The number of hydrogen-bond acceptors (Lipinski definition) is 4. The number of nitriles is 1. The van der Waals surface area contributed by atoms with Crippen LogP contribution >= 0.6 is 0 Å². The zero-order valence-corrected chi connectivity index (χ0v) is 14.8. The number of amides is 1. The molecule has 5 heteroatoms. The van der Waals surface area contributed by atoms with Crippen molar-refractivity contribution < 1.29 is 4.79 Å². The predicted octanol–water partition coefficient (Wildman–Crippen LogP) is 2.35. The van der Waals surface area contributed by atoms with Crippen molar-refractivity contribution in [3.8, 4) is 6.07 Å². The summed E-state index contributed by atoms with van der Waals surface area (Å²) in [6, 6.07) is 12.6. The summed E-state index contributed by atoms with van der Waals surface area (Å²) in [6.45, 7) is 7.06. The topological polar surface area (TPSA) is 50.6 Å². The highest BCUT2D eigenvalue weighted by Crippen LogP contribution is 2.15. The number of nitrogens with zero attached hydrogens (tertiary/aromatic N) is 4. The van der Waals surface area contributed by atoms with Gasteiger partial charge in [-0.1, -0.05) is 18.2 Å². The molecule has 1 atom stereocenters. The van der Waals surface area contributed by atoms with E-state index in [9.17, 15) is 4.79 Å². The van der Waals surface area contributed by atoms with Crippen molar-refractivity contribution in [1.29, 1.82) is 5.26 Å². The van der Waals surface area contributed by atoms with Crippen LogP contribution in [0.1, 0.15) is 26.2 Å². The number of rotatable bonds is 7. The van der Waals surface area contributed by atoms with Crippen LogP contribution in [0, 0.1) is 11.3 Å². The Kier molecular flexibility index (Phi) is 7.07. The third-order valence-electron chi connectivity index (χ3n) is 4.80. The molecular formula is C19H28N4O. The summed E-state index contributed by atoms with van der Waals surface area (Å²) in [5, 5.41) is 8.72. The fourth-order valence-electron chi connectivity index (χ4n) is 3.01. The van der Waals surface area contributed by atoms with E-state index >= 15 is 0 Å². The monoisotopic (exact) mass is 328 g/mol. The highest BCUT2D eigenvalue weighted by atomic mass is 16.2. The van der Waals surface area contributed by atoms with E-state index in [4.69, 9.17) is 5.26 Å². The van der Waals surface area contributed by atoms with Crippen LogP contribution < -0.4 is 4.90 Å². The minimum Gasteiger partial charge on any atom is -0.369 e. The first-order valence-electron chi connectivity index (χ1n) is 8.76. The Labute approximate surface area is 145 Å². The van der Waals surface area contributed by atoms with Gasteiger partial charge >= 0.3 is 0 Å². The molecule has 1 heterocycles. The van der Waals surface area contributed by atoms with Gasteiger partial charge in [-0.05, 0) is 32.0 Å². The van der Waals surface area contributed by atoms with Crippen LogP contribution in [0.2, 0.25) is 0 Å². The Balaban J connectivity index is 1.66. The van der Waals surface area contributed by atoms with Crippen molar-refractivity contribution in [2.45, 2.75) is 32.2 Å². The van der Waals surface area contributed by atoms with Gasteiger partial charge in [-0.3, -0.25) is 9.69 Å². The van der Waals surface area contributed by atoms with Crippen LogP contribution in [0.5, 0.6) is 0 Å². The van der Waals surface area contributed by atoms with Crippen LogP contribution in [0.3, 0.4) is 0 Å². The van der Waals surface area contributed by atoms with Crippen LogP contribution in [0.25, 0.3) is 0 Å². The van der Waals surface area contributed by atoms with Crippen molar-refractivity contribution in [2.75, 3.05) is 44.7 Å². The van der Waals surface area contributed by atoms with Crippen LogP contribution in [-0.2, 0) is 4.79 Å². The largest absolute Gasteiger partial charge is 0.369 e. The molecular weight excluding hydrogens is 300 g/mol. The summed E-state index contributed by atoms with van der Waals surface area (Å²) in [6.07, 6.45) is 1.84. The Morgan fingerprint density at radius 1 is 1.25 bits per heavy atom. The second-order valence-electron chi connectivity index (χ2n) is 6.48. The molecule has 0 unspecified atom stereocenters. The van der Waals surface area contributed by atoms with E-state index in [1.807, 2.05) is 13.0 Å². The number of carbonyl (C=O) groups excluding carboxylic acids is 1. The number of carbonyl (C=O) groups is 1. The van der Waals surface area contributed by atoms with Gasteiger partial charge in [0.1, 0.15) is 0 Å². The summed E-state index contributed by atoms with van der Waals surface area (Å²) in [5.74, 6) is 0.140. The molecule has 0 saturated carbocycles. The zero-order valence-electron chi connectivity index (χ0n) is 14.8. The molecule has 0 N–H and O–H groups in total. The summed E-state index contributed by atoms with van der Waals surface area (Å²) >= 11 is 0. The standard InChI is InChI=1S/C19H28N4O/c1-17(10-11-20)21(2)19(24)9-6-12-22-13-15-23(16-14-22)18-7-4-3-5-8-18/h3-5,7-8,17H,6,9-10,12-16H2,1-2H3/t17-/m0/s1. The van der Waals surface area contributed by atoms with Gasteiger partial charge in [-0.15, -0.1) is 0 Å². The number of benzene rings is 1. The highest BCUT2D eigenvalue weighted by molar-refractivity contribution is 5.76. The third-order valence-corrected chi connectivity index (χ3v) is 4.80. The molecule has 0 aliphatic carbocycles. The van der Waals surface area contributed by atoms with Gasteiger partial charge in [0.15, 0.2) is 0 Å². The van der Waals surface area contributed by atoms with Crippen molar-refractivity contribution in [3.63, 3.8) is 0 Å². The van der Waals surface area contributed by atoms with Crippen molar-refractivity contribution >= 4 is 11.6 Å². The number of anilines is 1. The highest BCUT2D eigenvalue weighted by Gasteiger charge is 2.18. The summed E-state index contributed by atoms with van der Waals surface area (Å²) in [4.78, 5) is 18.7. The molecule has 0 spiro atoms. The molecule has 1 aliphatic rings. The van der Waals surface area contributed by atoms with E-state index in [0.29, 0.717) is 12.8 Å². The molecule has 1 aromatic rings. The lowest BCUT2D eigenvalue weighted by Crippen LogP contribution is -2.46. The lowest BCUT2D eigenvalue weighted by molar-refractivity contribution is -0.131. The zero-order chi connectivity index (χ0) is 17.4. The van der Waals surface area contributed by atoms with Gasteiger partial charge in [0.05, 0.1) is 12.5 Å². The van der Waals surface area contributed by atoms with E-state index in [1.54, 1.807) is 11.9 Å². The second-order valence-corrected chi connectivity index (χ2v) is 6.48. The fourth-order valence-corrected chi connectivity index (χ4v) is 3.01. The molecule has 1 amide bonds. The molecule has 0 aromatic heterocycles. The summed E-state index contributed by atoms with van der Waals surface area (Å²) < 4.78 is 0. The predicted molar refractivity (Wildman–Crippen MR) is 96.8 cm³/mol. The lowest BCUT2D eigenvalue weighted by atomic mass is 10.2. The van der Waals surface area contributed by atoms with E-state index in [1.165, 1.54) is 5.69 Å². The van der Waals surface area contributed by atoms with Gasteiger partial charge in [0.25, 0.3) is 0 Å². The number of hydrogen-bond donors (Lipinski definition) is 0. The maximum absolute atomic E-state index is 12.1. The van der Waals surface area contributed by atoms with Crippen LogP contribution in [-0.4, -0.2) is 61.5 Å². The van der Waals surface area contributed by atoms with E-state index in [0.717, 1.165) is 39.1 Å². The minimum absolute atomic E-state index is 0.00285. The first-order valence-corrected chi connectivity index (χ1v) is 8.76. The van der Waals surface area contributed by atoms with Gasteiger partial charge in [0.2, 0.25) is 5.91 Å². The molecule has 0 radical (unpaired) electrons. The van der Waals surface area contributed by atoms with Gasteiger partial charge < -0.3 is 9.80 Å². The summed E-state index contributed by atoms with van der Waals surface area (Å²) in [7, 11) is 1.79. The average Bonchev–Trinajstić information content (AvgIpc) is 2.62. The molecule has 1 aliphatic heterocycles. The quantitative estimate of drug-likeness (QED) is 0.771. The van der Waals surface area contributed by atoms with E-state index < -0.39 is 0 Å². The van der Waals surface area contributed by atoms with Gasteiger partial charge in [-0.25, -0.2) is 0 Å². The Morgan fingerprint density at radius 2 is 1.92 bits per heavy atom. The van der Waals surface area contributed by atoms with Crippen LogP contribution in [0.4, 0.5) is 5.69 Å². The SMILES string of the molecule is C[C@@H](CC#N)N(C)C(=O)CCCN1CCN(c2ccccc2)CC1. The second kappa shape index (κ2) is 9.29. The average molecular weight is 328 g/mol. The van der Waals surface area contributed by atoms with E-state index in [-0.39, 0.29) is 11.9 Å². The van der Waals surface area contributed by atoms with E-state index in [2.05, 4.69) is 40.1 Å². The Bertz CT molecular complexity index is 546. The molecule has 1 aromatic carbocycles. The van der Waals surface area contributed by atoms with Crippen LogP contribution in [0.15, 0.2) is 30.3 Å². The number of para-hydroxylation sites is 1. The van der Waals surface area contributed by atoms with Gasteiger partial charge in [0, 0.05) is 51.4 Å². The smallest absolute Gasteiger partial charge is 0.222 e. The minimum atomic E-state index is -0.00285. The molecule has 2 rings (SSSR count). The molecule has 5 nitrogen and oxygen atoms in total. The molecule has 1 saturated heterocycles. The number of piperazine rings is 1. The van der Waals surface area contributed by atoms with Crippen molar-refractivity contribution in [3.05, 3.63) is 30.3 Å². The maximum atomic E-state index is 12.1. The Morgan fingerprint density at radius 3 is 2.54 bits per heavy atom. The van der Waals surface area contributed by atoms with Crippen molar-refractivity contribution in [1.82, 2.24) is 9.80 Å². The lowest BCUT2D eigenvalue weighted by Gasteiger charge is -2.36. The first-order chi connectivity index (χ1) is 11.6. The third kappa shape index (κ3) is 5.24. The molecule has 24 heavy (non-hydrogen) atoms. The summed E-state index contributed by atoms with van der Waals surface area (Å²) in [5.41, 5.74) is 1.29. The molecule has 1 fully saturated rings. The molecule has 0 bridgehead atoms. The molecule has 130 valence electrons. The first kappa shape index (κ1) is 18.3. The normalized spacial score (nSPS) is 16.5. The Hall–Kier alpha value is -2.06.